The zero-order valence-corrected chi connectivity index (χ0v) is 51.8. The highest BCUT2D eigenvalue weighted by Crippen LogP contribution is 2.27. The molecule has 1 aromatic rings. The molecular formula is C57H88N12O15S2. The standard InChI is InChI=1S/C57H88N12O15S2/c1-33(2)23-40-52(75)63-41(27-47(71)84-81-6)53(76)67-48(34(3)4)57(80)69-20-14-16-44(69)54(77)61-35(5)50(73)65-42(49(59)72)31-85-29-36-24-37-26-38(25-36)82-21-11-7-8-12-22-83-60-28-46(70)62-39(15-9-10-18-58)51(74)66-43(32-86-30-37)56(79)68-19-13-17-45(68)55(78)64-40/h24-26,28,33-35,39-45,48H,7-23,27,29-32,58H2,1-6H3,(H2,59,72)(H,61,77)(H,62,70)(H,63,75)(H,64,78)(H,65,73)(H,66,74)(H,67,76)/b60-28+/t35-,39-,40-,41-,42-,43-,44-,45-,48?/m0/s1. The van der Waals surface area contributed by atoms with Crippen LogP contribution in [-0.2, 0) is 78.9 Å². The predicted octanol–water partition coefficient (Wildman–Crippen LogP) is 0.328. The number of carbonyl (C=O) groups excluding carboxylic acids is 11. The number of rotatable bonds is 11. The maximum absolute atomic E-state index is 15.1. The summed E-state index contributed by atoms with van der Waals surface area (Å²) in [5.74, 6) is -8.08. The Morgan fingerprint density at radius 3 is 1.92 bits per heavy atom. The number of thioether (sulfide) groups is 2. The Morgan fingerprint density at radius 2 is 1.29 bits per heavy atom. The maximum atomic E-state index is 15.1. The average molecular weight is 1250 g/mol. The van der Waals surface area contributed by atoms with Crippen molar-refractivity contribution in [3.8, 4) is 5.75 Å². The van der Waals surface area contributed by atoms with Gasteiger partial charge in [-0.25, -0.2) is 4.79 Å². The molecular weight excluding hydrogens is 1160 g/mol. The second kappa shape index (κ2) is 35.8. The van der Waals surface area contributed by atoms with Gasteiger partial charge in [0.2, 0.25) is 53.2 Å². The Balaban J connectivity index is 1.56. The highest BCUT2D eigenvalue weighted by Gasteiger charge is 2.43. The van der Waals surface area contributed by atoms with E-state index in [4.69, 9.17) is 21.0 Å². The smallest absolute Gasteiger partial charge is 0.344 e. The van der Waals surface area contributed by atoms with Crippen LogP contribution >= 0.6 is 23.5 Å². The summed E-state index contributed by atoms with van der Waals surface area (Å²) in [4.78, 5) is 171. The maximum Gasteiger partial charge on any atom is 0.344 e. The van der Waals surface area contributed by atoms with Crippen molar-refractivity contribution in [1.82, 2.24) is 47.0 Å². The number of oxime groups is 1. The van der Waals surface area contributed by atoms with Gasteiger partial charge in [0.15, 0.2) is 0 Å². The SMILES string of the molecule is COOC(=O)C[C@@H]1NC(=O)[C@H](CC(C)C)NC(=O)[C@@H]2CCCN2C(=O)[C@@H]2CSCc3cc(cc(c3)OCCCCCCO/N=C/C(=O)N[C@@H](CCCCN)C(=O)N2)CSC[C@@H](C(N)=O)NC(=O)[C@H](C)NC(=O)[C@@H]2CCCN2C(=O)C(C(C)C)NC1=O. The minimum absolute atomic E-state index is 0.0164. The van der Waals surface area contributed by atoms with Gasteiger partial charge >= 0.3 is 5.97 Å². The Kier molecular flexibility index (Phi) is 29.2. The summed E-state index contributed by atoms with van der Waals surface area (Å²) in [5, 5.41) is 22.7. The summed E-state index contributed by atoms with van der Waals surface area (Å²) in [6, 6.07) is -5.61. The van der Waals surface area contributed by atoms with E-state index in [-0.39, 0.29) is 62.8 Å². The van der Waals surface area contributed by atoms with Crippen LogP contribution < -0.4 is 53.4 Å². The molecule has 86 heavy (non-hydrogen) atoms. The minimum atomic E-state index is -1.70. The third-order valence-electron chi connectivity index (χ3n) is 14.8. The lowest BCUT2D eigenvalue weighted by atomic mass is 10.00. The highest BCUT2D eigenvalue weighted by atomic mass is 32.2. The average Bonchev–Trinajstić information content (AvgIpc) is 3.05. The van der Waals surface area contributed by atoms with Crippen LogP contribution in [0.4, 0.5) is 0 Å². The number of amides is 10. The molecule has 4 aliphatic heterocycles. The third kappa shape index (κ3) is 22.2. The van der Waals surface area contributed by atoms with E-state index < -0.39 is 132 Å². The summed E-state index contributed by atoms with van der Waals surface area (Å²) < 4.78 is 6.27. The van der Waals surface area contributed by atoms with E-state index >= 15 is 4.79 Å². The molecule has 27 nitrogen and oxygen atoms in total. The van der Waals surface area contributed by atoms with Crippen LogP contribution in [0.3, 0.4) is 0 Å². The van der Waals surface area contributed by atoms with Crippen molar-refractivity contribution in [1.29, 1.82) is 0 Å². The first-order chi connectivity index (χ1) is 41.1. The van der Waals surface area contributed by atoms with Gasteiger partial charge in [0.1, 0.15) is 72.9 Å². The number of nitrogens with two attached hydrogens (primary N) is 2. The summed E-state index contributed by atoms with van der Waals surface area (Å²) in [6.07, 6.45) is 5.48. The molecule has 4 aliphatic rings. The van der Waals surface area contributed by atoms with Crippen LogP contribution in [0, 0.1) is 11.8 Å². The molecule has 0 aromatic heterocycles. The van der Waals surface area contributed by atoms with Gasteiger partial charge in [-0.1, -0.05) is 38.9 Å². The molecule has 2 saturated heterocycles. The first-order valence-electron chi connectivity index (χ1n) is 29.6. The van der Waals surface area contributed by atoms with Crippen molar-refractivity contribution in [2.24, 2.45) is 28.5 Å². The number of unbranched alkanes of at least 4 members (excludes halogenated alkanes) is 1. The second-order valence-electron chi connectivity index (χ2n) is 22.6. The van der Waals surface area contributed by atoms with Crippen molar-refractivity contribution >= 4 is 94.8 Å². The van der Waals surface area contributed by atoms with E-state index in [9.17, 15) is 47.9 Å². The van der Waals surface area contributed by atoms with Crippen LogP contribution in [0.15, 0.2) is 23.4 Å². The second-order valence-corrected chi connectivity index (χ2v) is 24.7. The van der Waals surface area contributed by atoms with Gasteiger partial charge in [-0.2, -0.15) is 28.4 Å². The molecule has 0 saturated carbocycles. The summed E-state index contributed by atoms with van der Waals surface area (Å²) in [5.41, 5.74) is 13.2. The lowest BCUT2D eigenvalue weighted by Crippen LogP contribution is -2.61. The van der Waals surface area contributed by atoms with Crippen molar-refractivity contribution in [3.05, 3.63) is 29.3 Å². The van der Waals surface area contributed by atoms with Crippen molar-refractivity contribution in [2.45, 2.75) is 184 Å². The number of nitrogens with zero attached hydrogens (tertiary/aromatic N) is 3. The van der Waals surface area contributed by atoms with Gasteiger partial charge in [0, 0.05) is 36.1 Å². The van der Waals surface area contributed by atoms with E-state index in [1.807, 2.05) is 18.2 Å². The summed E-state index contributed by atoms with van der Waals surface area (Å²) in [6.45, 7) is 9.48. The number of fused-ring (bicyclic) bond motifs is 7. The lowest BCUT2D eigenvalue weighted by molar-refractivity contribution is -0.255. The number of ether oxygens (including phenoxy) is 1. The Morgan fingerprint density at radius 1 is 0.686 bits per heavy atom. The molecule has 11 N–H and O–H groups in total. The van der Waals surface area contributed by atoms with E-state index in [2.05, 4.69) is 52.1 Å². The van der Waals surface area contributed by atoms with Crippen molar-refractivity contribution in [3.63, 3.8) is 0 Å². The van der Waals surface area contributed by atoms with Gasteiger partial charge in [0.25, 0.3) is 5.91 Å². The fraction of sp³-hybridized carbons (Fsp3) is 0.684. The van der Waals surface area contributed by atoms with E-state index in [1.54, 1.807) is 27.7 Å². The monoisotopic (exact) mass is 1240 g/mol. The molecule has 29 heteroatoms. The third-order valence-corrected chi connectivity index (χ3v) is 17.0. The zero-order valence-electron chi connectivity index (χ0n) is 50.2. The number of hydrogen-bond donors (Lipinski definition) is 9. The normalized spacial score (nSPS) is 26.9. The Bertz CT molecular complexity index is 2560. The highest BCUT2D eigenvalue weighted by molar-refractivity contribution is 7.98. The van der Waals surface area contributed by atoms with Crippen LogP contribution in [0.5, 0.6) is 5.75 Å². The van der Waals surface area contributed by atoms with Crippen LogP contribution in [-0.4, -0.2) is 187 Å². The quantitative estimate of drug-likeness (QED) is 0.0819. The van der Waals surface area contributed by atoms with Crippen LogP contribution in [0.1, 0.15) is 129 Å². The van der Waals surface area contributed by atoms with E-state index in [0.29, 0.717) is 68.9 Å². The first kappa shape index (κ1) is 70.0. The fourth-order valence-corrected chi connectivity index (χ4v) is 12.3. The number of benzene rings is 1. The molecule has 2 fully saturated rings. The molecule has 0 spiro atoms. The molecule has 4 bridgehead atoms. The fourth-order valence-electron chi connectivity index (χ4n) is 10.3. The molecule has 478 valence electrons. The number of primary amides is 1. The van der Waals surface area contributed by atoms with Crippen molar-refractivity contribution in [2.75, 3.05) is 51.5 Å². The summed E-state index contributed by atoms with van der Waals surface area (Å²) >= 11 is 2.63. The van der Waals surface area contributed by atoms with E-state index in [0.717, 1.165) is 37.3 Å². The Hall–Kier alpha value is -6.72. The molecule has 0 aliphatic carbocycles. The number of hydrogen-bond acceptors (Lipinski definition) is 19. The Labute approximate surface area is 510 Å². The van der Waals surface area contributed by atoms with Crippen LogP contribution in [0.25, 0.3) is 0 Å². The number of carbonyl (C=O) groups is 11. The van der Waals surface area contributed by atoms with Gasteiger partial charge in [0.05, 0.1) is 20.1 Å². The van der Waals surface area contributed by atoms with Crippen LogP contribution in [0.2, 0.25) is 0 Å². The molecule has 0 radical (unpaired) electrons. The summed E-state index contributed by atoms with van der Waals surface area (Å²) in [7, 11) is 1.07. The van der Waals surface area contributed by atoms with E-state index in [1.165, 1.54) is 40.2 Å². The van der Waals surface area contributed by atoms with Gasteiger partial charge in [-0.05, 0) is 126 Å². The topological polar surface area (TPSA) is 380 Å². The molecule has 1 aromatic carbocycles. The first-order valence-corrected chi connectivity index (χ1v) is 31.9. The minimum Gasteiger partial charge on any atom is -0.494 e. The largest absolute Gasteiger partial charge is 0.494 e. The number of nitrogens with one attached hydrogen (secondary N) is 7. The zero-order chi connectivity index (χ0) is 62.9. The van der Waals surface area contributed by atoms with Gasteiger partial charge < -0.3 is 68.1 Å². The van der Waals surface area contributed by atoms with Gasteiger partial charge in [-0.3, -0.25) is 52.8 Å². The van der Waals surface area contributed by atoms with Gasteiger partial charge in [-0.15, -0.1) is 0 Å². The molecule has 1 unspecified atom stereocenters. The predicted molar refractivity (Wildman–Crippen MR) is 320 cm³/mol. The molecule has 9 atom stereocenters. The molecule has 5 rings (SSSR count). The molecule has 10 amide bonds. The van der Waals surface area contributed by atoms with Crippen molar-refractivity contribution < 1.29 is 72.1 Å². The molecule has 4 heterocycles. The lowest BCUT2D eigenvalue weighted by Gasteiger charge is -2.32.